The molecule has 0 saturated carbocycles. The highest BCUT2D eigenvalue weighted by atomic mass is 16.1. The Labute approximate surface area is 93.0 Å². The minimum absolute atomic E-state index is 0.000949. The normalized spacial score (nSPS) is 11.2. The van der Waals surface area contributed by atoms with Gasteiger partial charge in [-0.25, -0.2) is 0 Å². The molecule has 0 aromatic carbocycles. The van der Waals surface area contributed by atoms with Crippen molar-refractivity contribution in [3.05, 3.63) is 0 Å². The zero-order valence-electron chi connectivity index (χ0n) is 10.2. The third-order valence-electron chi connectivity index (χ3n) is 2.82. The molecule has 0 unspecified atom stereocenters. The van der Waals surface area contributed by atoms with Gasteiger partial charge in [-0.15, -0.1) is 6.42 Å². The van der Waals surface area contributed by atoms with E-state index in [1.807, 2.05) is 0 Å². The van der Waals surface area contributed by atoms with E-state index >= 15 is 0 Å². The van der Waals surface area contributed by atoms with E-state index in [-0.39, 0.29) is 11.3 Å². The molecule has 0 saturated heterocycles. The second-order valence-electron chi connectivity index (χ2n) is 4.73. The van der Waals surface area contributed by atoms with Gasteiger partial charge in [0, 0.05) is 6.54 Å². The fraction of sp³-hybridized carbons (Fsp3) is 0.750. The van der Waals surface area contributed by atoms with Crippen LogP contribution in [0.3, 0.4) is 0 Å². The summed E-state index contributed by atoms with van der Waals surface area (Å²) in [6, 6.07) is 0. The zero-order chi connectivity index (χ0) is 11.9. The van der Waals surface area contributed by atoms with Crippen LogP contribution in [0, 0.1) is 23.7 Å². The number of nitrogens with one attached hydrogen (secondary N) is 2. The van der Waals surface area contributed by atoms with Crippen molar-refractivity contribution in [3.8, 4) is 12.3 Å². The van der Waals surface area contributed by atoms with Gasteiger partial charge in [-0.2, -0.15) is 0 Å². The summed E-state index contributed by atoms with van der Waals surface area (Å²) in [6.45, 7) is 10.0. The topological polar surface area (TPSA) is 41.1 Å². The number of carbonyl (C=O) groups excluding carboxylic acids is 1. The highest BCUT2D eigenvalue weighted by Crippen LogP contribution is 2.24. The van der Waals surface area contributed by atoms with Gasteiger partial charge >= 0.3 is 0 Å². The highest BCUT2D eigenvalue weighted by Gasteiger charge is 2.22. The molecule has 0 aliphatic rings. The van der Waals surface area contributed by atoms with Gasteiger partial charge in [0.05, 0.1) is 13.1 Å². The molecular formula is C12H22N2O. The lowest BCUT2D eigenvalue weighted by molar-refractivity contribution is -0.120. The van der Waals surface area contributed by atoms with Crippen LogP contribution in [0.1, 0.15) is 27.7 Å². The van der Waals surface area contributed by atoms with Crippen molar-refractivity contribution in [2.24, 2.45) is 11.3 Å². The number of hydrogen-bond acceptors (Lipinski definition) is 2. The minimum Gasteiger partial charge on any atom is -0.354 e. The van der Waals surface area contributed by atoms with Crippen LogP contribution in [0.2, 0.25) is 0 Å². The largest absolute Gasteiger partial charge is 0.354 e. The molecule has 0 aromatic heterocycles. The summed E-state index contributed by atoms with van der Waals surface area (Å²) in [5, 5.41) is 5.75. The number of hydrogen-bond donors (Lipinski definition) is 2. The third-order valence-corrected chi connectivity index (χ3v) is 2.82. The van der Waals surface area contributed by atoms with Gasteiger partial charge in [-0.05, 0) is 11.3 Å². The van der Waals surface area contributed by atoms with Gasteiger partial charge in [0.1, 0.15) is 0 Å². The van der Waals surface area contributed by atoms with Crippen LogP contribution in [0.4, 0.5) is 0 Å². The average Bonchev–Trinajstić information content (AvgIpc) is 2.15. The fourth-order valence-corrected chi connectivity index (χ4v) is 0.841. The van der Waals surface area contributed by atoms with Crippen LogP contribution in [-0.2, 0) is 4.79 Å². The van der Waals surface area contributed by atoms with Crippen LogP contribution in [-0.4, -0.2) is 25.5 Å². The first-order valence-corrected chi connectivity index (χ1v) is 5.31. The smallest absolute Gasteiger partial charge is 0.234 e. The molecule has 3 nitrogen and oxygen atoms in total. The predicted octanol–water partition coefficient (Wildman–Crippen LogP) is 1.01. The van der Waals surface area contributed by atoms with Crippen LogP contribution >= 0.6 is 0 Å². The molecule has 0 fully saturated rings. The van der Waals surface area contributed by atoms with Gasteiger partial charge in [-0.1, -0.05) is 33.6 Å². The summed E-state index contributed by atoms with van der Waals surface area (Å²) in [7, 11) is 0. The number of amides is 1. The molecule has 0 atom stereocenters. The second kappa shape index (κ2) is 6.47. The van der Waals surface area contributed by atoms with E-state index in [4.69, 9.17) is 6.42 Å². The van der Waals surface area contributed by atoms with Crippen LogP contribution in [0.5, 0.6) is 0 Å². The lowest BCUT2D eigenvalue weighted by Crippen LogP contribution is -2.41. The first kappa shape index (κ1) is 14.0. The van der Waals surface area contributed by atoms with Crippen LogP contribution in [0.25, 0.3) is 0 Å². The van der Waals surface area contributed by atoms with Crippen molar-refractivity contribution in [3.63, 3.8) is 0 Å². The van der Waals surface area contributed by atoms with E-state index in [0.29, 0.717) is 25.6 Å². The Morgan fingerprint density at radius 3 is 2.53 bits per heavy atom. The molecule has 0 spiro atoms. The molecule has 2 N–H and O–H groups in total. The van der Waals surface area contributed by atoms with Gasteiger partial charge in [0.15, 0.2) is 0 Å². The monoisotopic (exact) mass is 210 g/mol. The van der Waals surface area contributed by atoms with Gasteiger partial charge < -0.3 is 5.32 Å². The Balaban J connectivity index is 3.76. The minimum atomic E-state index is -0.000949. The van der Waals surface area contributed by atoms with Gasteiger partial charge in [0.2, 0.25) is 5.91 Å². The van der Waals surface area contributed by atoms with E-state index in [1.165, 1.54) is 0 Å². The summed E-state index contributed by atoms with van der Waals surface area (Å²) >= 11 is 0. The van der Waals surface area contributed by atoms with E-state index in [9.17, 15) is 4.79 Å². The Hall–Kier alpha value is -1.01. The quantitative estimate of drug-likeness (QED) is 0.507. The summed E-state index contributed by atoms with van der Waals surface area (Å²) in [6.07, 6.45) is 5.05. The molecule has 0 heterocycles. The standard InChI is InChI=1S/C12H22N2O/c1-6-7-13-8-11(15)14-9-12(4,5)10(2)3/h1,10,13H,7-9H2,2-5H3,(H,14,15). The Kier molecular flexibility index (Phi) is 6.03. The maximum Gasteiger partial charge on any atom is 0.234 e. The highest BCUT2D eigenvalue weighted by molar-refractivity contribution is 5.78. The van der Waals surface area contributed by atoms with Gasteiger partial charge in [0.25, 0.3) is 0 Å². The molecule has 0 aromatic rings. The van der Waals surface area contributed by atoms with Crippen LogP contribution < -0.4 is 10.6 Å². The Morgan fingerprint density at radius 1 is 1.47 bits per heavy atom. The summed E-state index contributed by atoms with van der Waals surface area (Å²) in [5.41, 5.74) is 0.127. The molecule has 3 heteroatoms. The molecule has 0 aliphatic heterocycles. The molecular weight excluding hydrogens is 188 g/mol. The lowest BCUT2D eigenvalue weighted by Gasteiger charge is -2.29. The van der Waals surface area contributed by atoms with Crippen molar-refractivity contribution in [1.82, 2.24) is 10.6 Å². The first-order chi connectivity index (χ1) is 6.90. The number of terminal acetylenes is 1. The Bertz CT molecular complexity index is 238. The van der Waals surface area contributed by atoms with Crippen molar-refractivity contribution < 1.29 is 4.79 Å². The SMILES string of the molecule is C#CCNCC(=O)NCC(C)(C)C(C)C. The lowest BCUT2D eigenvalue weighted by atomic mass is 9.81. The number of rotatable bonds is 6. The predicted molar refractivity (Wildman–Crippen MR) is 63.3 cm³/mol. The van der Waals surface area contributed by atoms with Crippen LogP contribution in [0.15, 0.2) is 0 Å². The molecule has 0 aliphatic carbocycles. The third kappa shape index (κ3) is 6.14. The van der Waals surface area contributed by atoms with Gasteiger partial charge in [-0.3, -0.25) is 10.1 Å². The molecule has 0 rings (SSSR count). The maximum atomic E-state index is 11.3. The van der Waals surface area contributed by atoms with Crippen molar-refractivity contribution in [2.45, 2.75) is 27.7 Å². The van der Waals surface area contributed by atoms with Crippen molar-refractivity contribution in [1.29, 1.82) is 0 Å². The second-order valence-corrected chi connectivity index (χ2v) is 4.73. The fourth-order valence-electron chi connectivity index (χ4n) is 0.841. The summed E-state index contributed by atoms with van der Waals surface area (Å²) in [5.74, 6) is 2.96. The molecule has 15 heavy (non-hydrogen) atoms. The molecule has 0 bridgehead atoms. The summed E-state index contributed by atoms with van der Waals surface area (Å²) < 4.78 is 0. The van der Waals surface area contributed by atoms with E-state index in [2.05, 4.69) is 44.2 Å². The summed E-state index contributed by atoms with van der Waals surface area (Å²) in [4.78, 5) is 11.3. The Morgan fingerprint density at radius 2 is 2.07 bits per heavy atom. The molecule has 0 radical (unpaired) electrons. The van der Waals surface area contributed by atoms with E-state index in [0.717, 1.165) is 0 Å². The number of carbonyl (C=O) groups is 1. The van der Waals surface area contributed by atoms with Crippen molar-refractivity contribution >= 4 is 5.91 Å². The molecule has 1 amide bonds. The molecule has 86 valence electrons. The van der Waals surface area contributed by atoms with E-state index in [1.54, 1.807) is 0 Å². The maximum absolute atomic E-state index is 11.3. The van der Waals surface area contributed by atoms with Crippen molar-refractivity contribution in [2.75, 3.05) is 19.6 Å². The van der Waals surface area contributed by atoms with E-state index < -0.39 is 0 Å². The zero-order valence-corrected chi connectivity index (χ0v) is 10.2. The first-order valence-electron chi connectivity index (χ1n) is 5.31. The average molecular weight is 210 g/mol.